The van der Waals surface area contributed by atoms with Crippen molar-refractivity contribution in [1.29, 1.82) is 0 Å². The summed E-state index contributed by atoms with van der Waals surface area (Å²) in [6, 6.07) is 1.23. The Morgan fingerprint density at radius 3 is 2.71 bits per heavy atom. The second-order valence-corrected chi connectivity index (χ2v) is 4.44. The molecule has 1 aromatic rings. The maximum Gasteiger partial charge on any atom is 0.259 e. The summed E-state index contributed by atoms with van der Waals surface area (Å²) >= 11 is 4.79. The average molecular weight is 253 g/mol. The Balaban J connectivity index is 3.04. The van der Waals surface area contributed by atoms with Crippen molar-refractivity contribution in [2.75, 3.05) is 6.54 Å². The minimum atomic E-state index is -0.366. The zero-order valence-electron chi connectivity index (χ0n) is 9.77. The van der Waals surface area contributed by atoms with Gasteiger partial charge >= 0.3 is 0 Å². The van der Waals surface area contributed by atoms with E-state index in [1.165, 1.54) is 23.4 Å². The lowest BCUT2D eigenvalue weighted by molar-refractivity contribution is 0.0734. The predicted octanol–water partition coefficient (Wildman–Crippen LogP) is 0.512. The first-order valence-electron chi connectivity index (χ1n) is 5.20. The van der Waals surface area contributed by atoms with Crippen LogP contribution in [0, 0.1) is 0 Å². The van der Waals surface area contributed by atoms with Crippen molar-refractivity contribution in [1.82, 2.24) is 9.88 Å². The zero-order chi connectivity index (χ0) is 13.0. The standard InChI is InChI=1S/C11H15N3O2S/c1-7(2)14(6-10(12)17)11(16)8-5-13-4-3-9(8)15/h3-5,7H,6H2,1-2H3,(H2,12,17)(H,13,15). The number of hydrogen-bond acceptors (Lipinski definition) is 3. The molecule has 0 aliphatic carbocycles. The molecule has 1 rings (SSSR count). The Kier molecular flexibility index (Phi) is 4.39. The van der Waals surface area contributed by atoms with Gasteiger partial charge < -0.3 is 15.6 Å². The molecule has 0 unspecified atom stereocenters. The van der Waals surface area contributed by atoms with Gasteiger partial charge in [-0.15, -0.1) is 0 Å². The lowest BCUT2D eigenvalue weighted by atomic mass is 10.2. The molecule has 6 heteroatoms. The summed E-state index contributed by atoms with van der Waals surface area (Å²) in [6.45, 7) is 3.85. The maximum atomic E-state index is 12.1. The minimum Gasteiger partial charge on any atom is -0.392 e. The number of carbonyl (C=O) groups is 1. The summed E-state index contributed by atoms with van der Waals surface area (Å²) in [5.41, 5.74) is 5.21. The van der Waals surface area contributed by atoms with E-state index in [9.17, 15) is 9.59 Å². The number of nitrogens with two attached hydrogens (primary N) is 1. The van der Waals surface area contributed by atoms with Crippen LogP contribution in [-0.4, -0.2) is 33.4 Å². The van der Waals surface area contributed by atoms with Crippen LogP contribution >= 0.6 is 12.2 Å². The molecule has 3 N–H and O–H groups in total. The van der Waals surface area contributed by atoms with Gasteiger partial charge in [-0.1, -0.05) is 12.2 Å². The fourth-order valence-electron chi connectivity index (χ4n) is 1.39. The molecular weight excluding hydrogens is 238 g/mol. The summed E-state index contributed by atoms with van der Waals surface area (Å²) < 4.78 is 0. The van der Waals surface area contributed by atoms with Crippen molar-refractivity contribution < 1.29 is 4.79 Å². The Bertz CT molecular complexity index is 482. The Morgan fingerprint density at radius 1 is 1.59 bits per heavy atom. The number of rotatable bonds is 4. The van der Waals surface area contributed by atoms with Gasteiger partial charge in [-0.25, -0.2) is 0 Å². The van der Waals surface area contributed by atoms with Crippen LogP contribution < -0.4 is 11.2 Å². The van der Waals surface area contributed by atoms with E-state index in [-0.39, 0.29) is 34.5 Å². The number of aromatic amines is 1. The molecule has 92 valence electrons. The fraction of sp³-hybridized carbons (Fsp3) is 0.364. The normalized spacial score (nSPS) is 10.3. The van der Waals surface area contributed by atoms with Gasteiger partial charge in [0.05, 0.1) is 11.5 Å². The topological polar surface area (TPSA) is 79.2 Å². The zero-order valence-corrected chi connectivity index (χ0v) is 10.6. The molecule has 5 nitrogen and oxygen atoms in total. The van der Waals surface area contributed by atoms with Crippen LogP contribution in [0.2, 0.25) is 0 Å². The van der Waals surface area contributed by atoms with Gasteiger partial charge in [0.25, 0.3) is 5.91 Å². The lowest BCUT2D eigenvalue weighted by Gasteiger charge is -2.25. The SMILES string of the molecule is CC(C)N(CC(N)=S)C(=O)c1c[nH]ccc1=O. The average Bonchev–Trinajstić information content (AvgIpc) is 2.25. The molecule has 0 atom stereocenters. The number of aromatic nitrogens is 1. The number of thiocarbonyl (C=S) groups is 1. The molecule has 0 radical (unpaired) electrons. The molecule has 0 fully saturated rings. The molecule has 1 aromatic heterocycles. The summed E-state index contributed by atoms with van der Waals surface area (Å²) in [4.78, 5) is 28.1. The third kappa shape index (κ3) is 3.39. The number of hydrogen-bond donors (Lipinski definition) is 2. The van der Waals surface area contributed by atoms with E-state index in [2.05, 4.69) is 4.98 Å². The van der Waals surface area contributed by atoms with Crippen LogP contribution in [0.4, 0.5) is 0 Å². The minimum absolute atomic E-state index is 0.0800. The van der Waals surface area contributed by atoms with Gasteiger partial charge in [0.15, 0.2) is 5.43 Å². The molecular formula is C11H15N3O2S. The monoisotopic (exact) mass is 253 g/mol. The maximum absolute atomic E-state index is 12.1. The summed E-state index contributed by atoms with van der Waals surface area (Å²) in [5.74, 6) is -0.366. The fourth-order valence-corrected chi connectivity index (χ4v) is 1.53. The Hall–Kier alpha value is -1.69. The quantitative estimate of drug-likeness (QED) is 0.766. The lowest BCUT2D eigenvalue weighted by Crippen LogP contribution is -2.43. The van der Waals surface area contributed by atoms with E-state index in [4.69, 9.17) is 18.0 Å². The Morgan fingerprint density at radius 2 is 2.24 bits per heavy atom. The first-order valence-corrected chi connectivity index (χ1v) is 5.60. The van der Waals surface area contributed by atoms with Crippen LogP contribution in [-0.2, 0) is 0 Å². The van der Waals surface area contributed by atoms with E-state index < -0.39 is 0 Å². The van der Waals surface area contributed by atoms with Crippen molar-refractivity contribution in [2.24, 2.45) is 5.73 Å². The number of carbonyl (C=O) groups excluding carboxylic acids is 1. The second-order valence-electron chi connectivity index (χ2n) is 3.92. The smallest absolute Gasteiger partial charge is 0.259 e. The van der Waals surface area contributed by atoms with Gasteiger partial charge in [-0.2, -0.15) is 0 Å². The third-order valence-corrected chi connectivity index (χ3v) is 2.39. The van der Waals surface area contributed by atoms with Gasteiger partial charge in [-0.05, 0) is 13.8 Å². The van der Waals surface area contributed by atoms with Gasteiger partial charge in [-0.3, -0.25) is 9.59 Å². The van der Waals surface area contributed by atoms with E-state index in [1.54, 1.807) is 0 Å². The molecule has 1 amide bonds. The summed E-state index contributed by atoms with van der Waals surface area (Å²) in [5, 5.41) is 0. The molecule has 0 spiro atoms. The van der Waals surface area contributed by atoms with Crippen LogP contribution in [0.15, 0.2) is 23.3 Å². The predicted molar refractivity (Wildman–Crippen MR) is 70.0 cm³/mol. The first kappa shape index (κ1) is 13.4. The molecule has 17 heavy (non-hydrogen) atoms. The van der Waals surface area contributed by atoms with Crippen molar-refractivity contribution in [3.63, 3.8) is 0 Å². The molecule has 0 aliphatic rings. The van der Waals surface area contributed by atoms with Crippen molar-refractivity contribution in [3.8, 4) is 0 Å². The van der Waals surface area contributed by atoms with Gasteiger partial charge in [0.1, 0.15) is 5.56 Å². The highest BCUT2D eigenvalue weighted by Crippen LogP contribution is 2.04. The highest BCUT2D eigenvalue weighted by atomic mass is 32.1. The number of amides is 1. The van der Waals surface area contributed by atoms with E-state index in [0.717, 1.165) is 0 Å². The van der Waals surface area contributed by atoms with Gasteiger partial charge in [0.2, 0.25) is 0 Å². The molecule has 0 bridgehead atoms. The van der Waals surface area contributed by atoms with Crippen molar-refractivity contribution in [3.05, 3.63) is 34.2 Å². The van der Waals surface area contributed by atoms with Crippen LogP contribution in [0.25, 0.3) is 0 Å². The highest BCUT2D eigenvalue weighted by Gasteiger charge is 2.21. The van der Waals surface area contributed by atoms with E-state index in [1.807, 2.05) is 13.8 Å². The van der Waals surface area contributed by atoms with Crippen LogP contribution in [0.1, 0.15) is 24.2 Å². The number of nitrogens with one attached hydrogen (secondary N) is 1. The number of nitrogens with zero attached hydrogens (tertiary/aromatic N) is 1. The third-order valence-electron chi connectivity index (χ3n) is 2.26. The van der Waals surface area contributed by atoms with Gasteiger partial charge in [0, 0.05) is 24.5 Å². The number of H-pyrrole nitrogens is 1. The second kappa shape index (κ2) is 5.58. The highest BCUT2D eigenvalue weighted by molar-refractivity contribution is 7.80. The molecule has 0 aliphatic heterocycles. The van der Waals surface area contributed by atoms with Crippen LogP contribution in [0.5, 0.6) is 0 Å². The molecule has 0 aromatic carbocycles. The van der Waals surface area contributed by atoms with Crippen molar-refractivity contribution >= 4 is 23.1 Å². The first-order chi connectivity index (χ1) is 7.93. The Labute approximate surface area is 105 Å². The van der Waals surface area contributed by atoms with Crippen molar-refractivity contribution in [2.45, 2.75) is 19.9 Å². The summed E-state index contributed by atoms with van der Waals surface area (Å²) in [7, 11) is 0. The largest absolute Gasteiger partial charge is 0.392 e. The molecule has 0 saturated carbocycles. The molecule has 0 saturated heterocycles. The van der Waals surface area contributed by atoms with E-state index in [0.29, 0.717) is 0 Å². The van der Waals surface area contributed by atoms with E-state index >= 15 is 0 Å². The number of pyridine rings is 1. The van der Waals surface area contributed by atoms with Crippen LogP contribution in [0.3, 0.4) is 0 Å². The molecule has 1 heterocycles. The summed E-state index contributed by atoms with van der Waals surface area (Å²) in [6.07, 6.45) is 2.87.